The number of hydrogen-bond donors (Lipinski definition) is 0. The second-order valence-corrected chi connectivity index (χ2v) is 3.08. The molecule has 15 heavy (non-hydrogen) atoms. The second-order valence-electron chi connectivity index (χ2n) is 3.08. The van der Waals surface area contributed by atoms with Crippen LogP contribution in [0, 0.1) is 0 Å². The summed E-state index contributed by atoms with van der Waals surface area (Å²) in [7, 11) is 1.18. The largest absolute Gasteiger partial charge is 0.416 e. The van der Waals surface area contributed by atoms with Crippen molar-refractivity contribution in [3.05, 3.63) is 29.3 Å². The van der Waals surface area contributed by atoms with Gasteiger partial charge < -0.3 is 0 Å². The number of rotatable bonds is 0. The van der Waals surface area contributed by atoms with E-state index in [-0.39, 0.29) is 11.5 Å². The molecule has 0 atom stereocenters. The first-order chi connectivity index (χ1) is 6.60. The average molecular weight is 226 g/mol. The molecule has 0 aromatic heterocycles. The lowest BCUT2D eigenvalue weighted by Crippen LogP contribution is -2.16. The number of hydrogen-bond acceptors (Lipinski definition) is 0. The van der Waals surface area contributed by atoms with E-state index in [1.54, 1.807) is 0 Å². The van der Waals surface area contributed by atoms with Crippen molar-refractivity contribution >= 4 is 13.3 Å². The van der Waals surface area contributed by atoms with Crippen molar-refractivity contribution in [3.63, 3.8) is 0 Å². The Bertz CT molecular complexity index is 332. The molecule has 82 valence electrons. The molecule has 0 N–H and O–H groups in total. The molecule has 0 saturated carbocycles. The molecule has 0 bridgehead atoms. The van der Waals surface area contributed by atoms with Crippen LogP contribution in [0.4, 0.5) is 26.3 Å². The van der Waals surface area contributed by atoms with Crippen LogP contribution in [0.5, 0.6) is 0 Å². The molecule has 0 nitrogen and oxygen atoms in total. The van der Waals surface area contributed by atoms with E-state index in [4.69, 9.17) is 0 Å². The molecular formula is C8H5BF6. The van der Waals surface area contributed by atoms with Gasteiger partial charge in [-0.15, -0.1) is 0 Å². The lowest BCUT2D eigenvalue weighted by atomic mass is 9.91. The minimum atomic E-state index is -4.76. The smallest absolute Gasteiger partial charge is 0.166 e. The standard InChI is InChI=1S/C8H5BF6/c9-6-2-4(7(10,11)12)1-5(3-6)8(13,14)15/h1-3H,9H2. The van der Waals surface area contributed by atoms with Gasteiger partial charge in [0.1, 0.15) is 7.85 Å². The lowest BCUT2D eigenvalue weighted by molar-refractivity contribution is -0.142. The molecule has 0 aliphatic heterocycles. The molecule has 0 unspecified atom stereocenters. The van der Waals surface area contributed by atoms with Gasteiger partial charge in [0.25, 0.3) is 0 Å². The van der Waals surface area contributed by atoms with Crippen molar-refractivity contribution < 1.29 is 26.3 Å². The zero-order valence-corrected chi connectivity index (χ0v) is 7.50. The Labute approximate surface area is 82.3 Å². The highest BCUT2D eigenvalue weighted by atomic mass is 19.4. The lowest BCUT2D eigenvalue weighted by Gasteiger charge is -2.12. The SMILES string of the molecule is Bc1cc(C(F)(F)F)cc(C(F)(F)F)c1. The Morgan fingerprint density at radius 2 is 1.07 bits per heavy atom. The van der Waals surface area contributed by atoms with Crippen LogP contribution in [0.15, 0.2) is 18.2 Å². The van der Waals surface area contributed by atoms with E-state index in [0.29, 0.717) is 12.1 Å². The van der Waals surface area contributed by atoms with Gasteiger partial charge in [-0.25, -0.2) is 0 Å². The Balaban J connectivity index is 3.30. The van der Waals surface area contributed by atoms with Crippen molar-refractivity contribution in [3.8, 4) is 0 Å². The van der Waals surface area contributed by atoms with Crippen LogP contribution in [0.25, 0.3) is 0 Å². The topological polar surface area (TPSA) is 0 Å². The molecule has 0 amide bonds. The highest BCUT2D eigenvalue weighted by Gasteiger charge is 2.36. The van der Waals surface area contributed by atoms with Crippen molar-refractivity contribution in [2.75, 3.05) is 0 Å². The minimum Gasteiger partial charge on any atom is -0.166 e. The van der Waals surface area contributed by atoms with E-state index in [0.717, 1.165) is 0 Å². The summed E-state index contributed by atoms with van der Waals surface area (Å²) in [4.78, 5) is 0. The molecule has 1 aromatic carbocycles. The Morgan fingerprint density at radius 1 is 0.733 bits per heavy atom. The van der Waals surface area contributed by atoms with Crippen LogP contribution in [0.3, 0.4) is 0 Å². The van der Waals surface area contributed by atoms with Gasteiger partial charge in [-0.3, -0.25) is 0 Å². The molecule has 7 heteroatoms. The Morgan fingerprint density at radius 3 is 1.33 bits per heavy atom. The first-order valence-corrected chi connectivity index (χ1v) is 3.87. The van der Waals surface area contributed by atoms with Gasteiger partial charge in [-0.1, -0.05) is 17.6 Å². The molecule has 0 fully saturated rings. The summed E-state index contributed by atoms with van der Waals surface area (Å²) in [6.45, 7) is 0. The maximum atomic E-state index is 12.2. The summed E-state index contributed by atoms with van der Waals surface area (Å²) < 4.78 is 73.0. The van der Waals surface area contributed by atoms with E-state index >= 15 is 0 Å². The molecule has 0 aliphatic carbocycles. The highest BCUT2D eigenvalue weighted by molar-refractivity contribution is 6.32. The normalized spacial score (nSPS) is 12.9. The molecular weight excluding hydrogens is 221 g/mol. The second kappa shape index (κ2) is 3.46. The number of alkyl halides is 6. The summed E-state index contributed by atoms with van der Waals surface area (Å²) in [5, 5.41) is 0. The van der Waals surface area contributed by atoms with Gasteiger partial charge in [-0.2, -0.15) is 26.3 Å². The van der Waals surface area contributed by atoms with Crippen LogP contribution < -0.4 is 5.46 Å². The molecule has 0 saturated heterocycles. The van der Waals surface area contributed by atoms with Gasteiger partial charge in [0.2, 0.25) is 0 Å². The van der Waals surface area contributed by atoms with Gasteiger partial charge in [0, 0.05) is 0 Å². The van der Waals surface area contributed by atoms with Crippen LogP contribution in [-0.2, 0) is 12.4 Å². The summed E-state index contributed by atoms with van der Waals surface area (Å²) >= 11 is 0. The molecule has 1 aromatic rings. The number of halogens is 6. The molecule has 0 radical (unpaired) electrons. The third kappa shape index (κ3) is 2.90. The monoisotopic (exact) mass is 226 g/mol. The van der Waals surface area contributed by atoms with E-state index < -0.39 is 23.5 Å². The average Bonchev–Trinajstić information content (AvgIpc) is 1.99. The molecule has 0 heterocycles. The van der Waals surface area contributed by atoms with Gasteiger partial charge in [-0.05, 0) is 6.07 Å². The summed E-state index contributed by atoms with van der Waals surface area (Å²) in [5.74, 6) is 0. The Hall–Kier alpha value is -1.14. The first kappa shape index (κ1) is 11.9. The fourth-order valence-corrected chi connectivity index (χ4v) is 1.11. The minimum absolute atomic E-state index is 0.0721. The summed E-state index contributed by atoms with van der Waals surface area (Å²) in [5.41, 5.74) is -2.64. The van der Waals surface area contributed by atoms with Crippen molar-refractivity contribution in [1.29, 1.82) is 0 Å². The predicted molar refractivity (Wildman–Crippen MR) is 44.6 cm³/mol. The zero-order valence-electron chi connectivity index (χ0n) is 7.50. The highest BCUT2D eigenvalue weighted by Crippen LogP contribution is 2.34. The predicted octanol–water partition coefficient (Wildman–Crippen LogP) is 1.98. The van der Waals surface area contributed by atoms with E-state index in [2.05, 4.69) is 0 Å². The van der Waals surface area contributed by atoms with E-state index in [1.165, 1.54) is 7.85 Å². The van der Waals surface area contributed by atoms with Crippen molar-refractivity contribution in [1.82, 2.24) is 0 Å². The third-order valence-corrected chi connectivity index (χ3v) is 1.73. The van der Waals surface area contributed by atoms with Gasteiger partial charge >= 0.3 is 12.4 Å². The quantitative estimate of drug-likeness (QED) is 0.468. The third-order valence-electron chi connectivity index (χ3n) is 1.73. The first-order valence-electron chi connectivity index (χ1n) is 3.87. The fourth-order valence-electron chi connectivity index (χ4n) is 1.11. The van der Waals surface area contributed by atoms with Crippen LogP contribution in [0.2, 0.25) is 0 Å². The van der Waals surface area contributed by atoms with Crippen LogP contribution in [0.1, 0.15) is 11.1 Å². The Kier molecular flexibility index (Phi) is 2.76. The van der Waals surface area contributed by atoms with E-state index in [1.807, 2.05) is 0 Å². The number of benzene rings is 1. The summed E-state index contributed by atoms with van der Waals surface area (Å²) in [6.07, 6.45) is -9.52. The van der Waals surface area contributed by atoms with E-state index in [9.17, 15) is 26.3 Å². The zero-order chi connectivity index (χ0) is 11.9. The molecule has 0 aliphatic rings. The van der Waals surface area contributed by atoms with Crippen LogP contribution in [-0.4, -0.2) is 7.85 Å². The maximum absolute atomic E-state index is 12.2. The molecule has 0 spiro atoms. The van der Waals surface area contributed by atoms with Crippen molar-refractivity contribution in [2.24, 2.45) is 0 Å². The van der Waals surface area contributed by atoms with Crippen molar-refractivity contribution in [2.45, 2.75) is 12.4 Å². The van der Waals surface area contributed by atoms with Gasteiger partial charge in [0.05, 0.1) is 11.1 Å². The van der Waals surface area contributed by atoms with Gasteiger partial charge in [0.15, 0.2) is 0 Å². The molecule has 1 rings (SSSR count). The maximum Gasteiger partial charge on any atom is 0.416 e. The van der Waals surface area contributed by atoms with Crippen LogP contribution >= 0.6 is 0 Å². The fraction of sp³-hybridized carbons (Fsp3) is 0.250. The summed E-state index contributed by atoms with van der Waals surface area (Å²) in [6, 6.07) is 1.46.